The van der Waals surface area contributed by atoms with E-state index in [2.05, 4.69) is 5.32 Å². The molecule has 250 valence electrons. The normalized spacial score (nSPS) is 26.3. The van der Waals surface area contributed by atoms with E-state index in [9.17, 15) is 34.8 Å². The molecule has 0 bridgehead atoms. The lowest BCUT2D eigenvalue weighted by Gasteiger charge is -2.42. The number of amides is 1. The smallest absolute Gasteiger partial charge is 0.411 e. The fraction of sp³-hybridized carbons (Fsp3) is 0.364. The zero-order valence-electron chi connectivity index (χ0n) is 25.5. The maximum atomic E-state index is 13.6. The van der Waals surface area contributed by atoms with Crippen LogP contribution < -0.4 is 15.8 Å². The number of nitrogens with one attached hydrogen (secondary N) is 1. The van der Waals surface area contributed by atoms with Crippen LogP contribution in [0.2, 0.25) is 0 Å². The molecule has 0 radical (unpaired) electrons. The average Bonchev–Trinajstić information content (AvgIpc) is 3.03. The van der Waals surface area contributed by atoms with Crippen molar-refractivity contribution in [1.82, 2.24) is 0 Å². The van der Waals surface area contributed by atoms with Gasteiger partial charge in [0.15, 0.2) is 17.9 Å². The first-order valence-corrected chi connectivity index (χ1v) is 14.7. The van der Waals surface area contributed by atoms with Crippen molar-refractivity contribution in [2.75, 3.05) is 19.0 Å². The number of ketones is 2. The highest BCUT2D eigenvalue weighted by atomic mass is 35.5. The number of hydrogen-bond acceptors (Lipinski definition) is 12. The van der Waals surface area contributed by atoms with E-state index in [1.165, 1.54) is 19.2 Å². The minimum absolute atomic E-state index is 0. The van der Waals surface area contributed by atoms with Crippen LogP contribution in [-0.2, 0) is 20.6 Å². The zero-order chi connectivity index (χ0) is 32.9. The van der Waals surface area contributed by atoms with Gasteiger partial charge in [0, 0.05) is 53.2 Å². The highest BCUT2D eigenvalue weighted by Crippen LogP contribution is 2.52. The third kappa shape index (κ3) is 6.25. The largest absolute Gasteiger partial charge is 0.507 e. The minimum Gasteiger partial charge on any atom is -0.507 e. The lowest BCUT2D eigenvalue weighted by atomic mass is 9.73. The Hall–Kier alpha value is -4.24. The van der Waals surface area contributed by atoms with Crippen LogP contribution in [-0.4, -0.2) is 81.9 Å². The van der Waals surface area contributed by atoms with Gasteiger partial charge in [0.25, 0.3) is 0 Å². The Kier molecular flexibility index (Phi) is 9.51. The van der Waals surface area contributed by atoms with Gasteiger partial charge in [-0.3, -0.25) is 14.9 Å². The number of nitrogens with two attached hydrogens (primary N) is 1. The summed E-state index contributed by atoms with van der Waals surface area (Å²) in [6.07, 6.45) is -5.36. The summed E-state index contributed by atoms with van der Waals surface area (Å²) < 4.78 is 22.5. The van der Waals surface area contributed by atoms with Gasteiger partial charge in [-0.25, -0.2) is 4.79 Å². The Balaban J connectivity index is 0.00000433. The van der Waals surface area contributed by atoms with Crippen molar-refractivity contribution in [2.45, 2.75) is 62.4 Å². The van der Waals surface area contributed by atoms with Crippen LogP contribution in [0.15, 0.2) is 48.5 Å². The number of halogens is 1. The van der Waals surface area contributed by atoms with Crippen molar-refractivity contribution in [3.63, 3.8) is 0 Å². The molecule has 0 aromatic heterocycles. The number of phenols is 2. The Morgan fingerprint density at radius 1 is 1.04 bits per heavy atom. The molecule has 3 aromatic rings. The van der Waals surface area contributed by atoms with Crippen LogP contribution in [0.25, 0.3) is 0 Å². The molecule has 1 unspecified atom stereocenters. The Morgan fingerprint density at radius 3 is 2.26 bits per heavy atom. The van der Waals surface area contributed by atoms with E-state index in [1.807, 2.05) is 0 Å². The van der Waals surface area contributed by atoms with Crippen molar-refractivity contribution >= 4 is 35.8 Å². The number of ether oxygens (including phenoxy) is 4. The number of anilines is 1. The molecule has 6 atom stereocenters. The van der Waals surface area contributed by atoms with Crippen LogP contribution in [0, 0.1) is 0 Å². The molecular weight excluding hydrogens is 636 g/mol. The van der Waals surface area contributed by atoms with Gasteiger partial charge < -0.3 is 45.1 Å². The Bertz CT molecular complexity index is 1700. The van der Waals surface area contributed by atoms with Crippen molar-refractivity contribution in [3.8, 4) is 17.2 Å². The lowest BCUT2D eigenvalue weighted by molar-refractivity contribution is -0.248. The molecule has 3 aliphatic rings. The molecule has 1 heterocycles. The van der Waals surface area contributed by atoms with Crippen LogP contribution in [0.4, 0.5) is 10.5 Å². The third-order valence-corrected chi connectivity index (χ3v) is 8.73. The van der Waals surface area contributed by atoms with E-state index in [-0.39, 0.29) is 59.5 Å². The van der Waals surface area contributed by atoms with Crippen LogP contribution >= 0.6 is 12.4 Å². The summed E-state index contributed by atoms with van der Waals surface area (Å²) in [7, 11) is 1.51. The van der Waals surface area contributed by atoms with E-state index in [0.717, 1.165) is 0 Å². The van der Waals surface area contributed by atoms with Gasteiger partial charge in [0.05, 0.1) is 36.5 Å². The average molecular weight is 671 g/mol. The van der Waals surface area contributed by atoms with Crippen molar-refractivity contribution in [1.29, 1.82) is 0 Å². The summed E-state index contributed by atoms with van der Waals surface area (Å²) in [6.45, 7) is 1.04. The lowest BCUT2D eigenvalue weighted by Crippen LogP contribution is -2.52. The van der Waals surface area contributed by atoms with E-state index in [4.69, 9.17) is 24.7 Å². The first-order chi connectivity index (χ1) is 21.9. The number of fused-ring (bicyclic) bond motifs is 3. The van der Waals surface area contributed by atoms with E-state index in [0.29, 0.717) is 11.4 Å². The maximum absolute atomic E-state index is 13.6. The second-order valence-electron chi connectivity index (χ2n) is 11.9. The fourth-order valence-corrected chi connectivity index (χ4v) is 6.37. The van der Waals surface area contributed by atoms with Gasteiger partial charge in [0.1, 0.15) is 29.5 Å². The summed E-state index contributed by atoms with van der Waals surface area (Å²) in [5.74, 6) is -1.93. The monoisotopic (exact) mass is 670 g/mol. The summed E-state index contributed by atoms with van der Waals surface area (Å²) in [5.41, 5.74) is 3.93. The molecule has 2 aliphatic carbocycles. The molecule has 13 nitrogen and oxygen atoms in total. The maximum Gasteiger partial charge on any atom is 0.411 e. The van der Waals surface area contributed by atoms with Crippen LogP contribution in [0.3, 0.4) is 0 Å². The number of phenolic OH excluding ortho intramolecular Hbond substituents is 2. The molecule has 14 heteroatoms. The summed E-state index contributed by atoms with van der Waals surface area (Å²) >= 11 is 0. The Morgan fingerprint density at radius 2 is 1.66 bits per heavy atom. The number of aliphatic hydroxyl groups is 2. The molecule has 0 spiro atoms. The fourth-order valence-electron chi connectivity index (χ4n) is 6.37. The summed E-state index contributed by atoms with van der Waals surface area (Å²) in [4.78, 5) is 39.8. The van der Waals surface area contributed by atoms with Gasteiger partial charge in [-0.1, -0.05) is 24.3 Å². The first kappa shape index (κ1) is 34.1. The van der Waals surface area contributed by atoms with E-state index < -0.39 is 77.6 Å². The molecule has 1 amide bonds. The highest BCUT2D eigenvalue weighted by molar-refractivity contribution is 6.30. The number of rotatable bonds is 6. The molecular formula is C33H35ClN2O11. The van der Waals surface area contributed by atoms with Gasteiger partial charge in [-0.15, -0.1) is 12.4 Å². The second kappa shape index (κ2) is 13.1. The van der Waals surface area contributed by atoms with Crippen LogP contribution in [0.1, 0.15) is 68.8 Å². The first-order valence-electron chi connectivity index (χ1n) is 14.7. The van der Waals surface area contributed by atoms with E-state index >= 15 is 0 Å². The third-order valence-electron chi connectivity index (χ3n) is 8.73. The minimum atomic E-state index is -1.87. The number of hydrogen-bond donors (Lipinski definition) is 6. The molecule has 47 heavy (non-hydrogen) atoms. The molecule has 6 rings (SSSR count). The molecule has 3 aromatic carbocycles. The van der Waals surface area contributed by atoms with Crippen molar-refractivity contribution in [2.24, 2.45) is 5.73 Å². The zero-order valence-corrected chi connectivity index (χ0v) is 26.3. The van der Waals surface area contributed by atoms with Gasteiger partial charge in [-0.2, -0.15) is 0 Å². The predicted molar refractivity (Wildman–Crippen MR) is 168 cm³/mol. The molecule has 7 N–H and O–H groups in total. The number of methoxy groups -OCH3 is 1. The number of aliphatic hydroxyl groups excluding tert-OH is 1. The highest BCUT2D eigenvalue weighted by Gasteiger charge is 2.48. The van der Waals surface area contributed by atoms with Crippen molar-refractivity contribution < 1.29 is 53.8 Å². The summed E-state index contributed by atoms with van der Waals surface area (Å²) in [6, 6.07) is 11.8. The topological polar surface area (TPSA) is 207 Å². The van der Waals surface area contributed by atoms with Gasteiger partial charge in [-0.05, 0) is 31.2 Å². The number of benzene rings is 3. The Labute approximate surface area is 275 Å². The summed E-state index contributed by atoms with van der Waals surface area (Å²) in [5, 5.41) is 47.7. The number of carbonyl (C=O) groups is 3. The standard InChI is InChI=1S/C33H34N2O11.ClH/c1-15-27(36)21(34)11-23(45-15)46-22-13-33(42,14-44-32(41)35-16-7-9-17(43-2)10-8-16)12-20-24(22)31(40)26-25(30(20)39)28(37)18-5-3-4-6-19(18)29(26)38;/h3-10,15,21-23,27,36,39-40,42H,11-14,34H2,1-2H3,(H,35,41);1H/t15-,21+,22+,23+,27+,33?;/m1./s1. The predicted octanol–water partition coefficient (Wildman–Crippen LogP) is 3.11. The number of carbonyl (C=O) groups excluding carboxylic acids is 3. The molecule has 1 saturated heterocycles. The van der Waals surface area contributed by atoms with Crippen LogP contribution in [0.5, 0.6) is 17.2 Å². The molecule has 1 aliphatic heterocycles. The molecule has 0 saturated carbocycles. The quantitative estimate of drug-likeness (QED) is 0.164. The second-order valence-corrected chi connectivity index (χ2v) is 11.9. The van der Waals surface area contributed by atoms with E-state index in [1.54, 1.807) is 43.3 Å². The van der Waals surface area contributed by atoms with Crippen molar-refractivity contribution in [3.05, 3.63) is 81.9 Å². The number of aromatic hydroxyl groups is 2. The molecule has 1 fully saturated rings. The van der Waals surface area contributed by atoms with Gasteiger partial charge >= 0.3 is 6.09 Å². The SMILES string of the molecule is COc1ccc(NC(=O)OCC2(O)Cc3c(O)c4c(c(O)c3[C@@H](O[C@H]3C[C@H](N)[C@@H](O)[C@@H](C)O3)C2)C(=O)c2ccccc2C4=O)cc1.Cl. The van der Waals surface area contributed by atoms with Gasteiger partial charge in [0.2, 0.25) is 0 Å².